The van der Waals surface area contributed by atoms with Gasteiger partial charge in [-0.05, 0) is 37.6 Å². The van der Waals surface area contributed by atoms with E-state index >= 15 is 0 Å². The number of piperazine rings is 1. The summed E-state index contributed by atoms with van der Waals surface area (Å²) in [6.07, 6.45) is 3.59. The van der Waals surface area contributed by atoms with Gasteiger partial charge in [0.1, 0.15) is 11.6 Å². The van der Waals surface area contributed by atoms with Crippen LogP contribution in [0.2, 0.25) is 0 Å². The van der Waals surface area contributed by atoms with E-state index in [0.717, 1.165) is 36.0 Å². The Morgan fingerprint density at radius 2 is 1.79 bits per heavy atom. The van der Waals surface area contributed by atoms with Crippen LogP contribution in [0.4, 0.5) is 16.3 Å². The van der Waals surface area contributed by atoms with Crippen LogP contribution in [-0.4, -0.2) is 56.9 Å². The number of nitrogens with zero attached hydrogens (tertiary/aromatic N) is 6. The Labute approximate surface area is 163 Å². The molecule has 0 spiro atoms. The fourth-order valence-electron chi connectivity index (χ4n) is 3.28. The second-order valence-corrected chi connectivity index (χ2v) is 6.86. The minimum atomic E-state index is -0.0682. The van der Waals surface area contributed by atoms with Gasteiger partial charge in [-0.2, -0.15) is 5.10 Å². The van der Waals surface area contributed by atoms with E-state index in [9.17, 15) is 4.79 Å². The summed E-state index contributed by atoms with van der Waals surface area (Å²) in [5.74, 6) is 2.30. The lowest BCUT2D eigenvalue weighted by atomic mass is 10.2. The number of hydrogen-bond acceptors (Lipinski definition) is 5. The molecule has 8 nitrogen and oxygen atoms in total. The monoisotopic (exact) mass is 377 g/mol. The van der Waals surface area contributed by atoms with Crippen LogP contribution in [0.3, 0.4) is 0 Å². The molecule has 3 heterocycles. The fourth-order valence-corrected chi connectivity index (χ4v) is 3.28. The Hall–Kier alpha value is -3.42. The molecule has 8 heteroatoms. The lowest BCUT2D eigenvalue weighted by Crippen LogP contribution is -2.50. The second kappa shape index (κ2) is 7.67. The summed E-state index contributed by atoms with van der Waals surface area (Å²) in [5.41, 5.74) is 1.94. The molecule has 1 aromatic carbocycles. The van der Waals surface area contributed by atoms with E-state index < -0.39 is 0 Å². The number of amides is 2. The first-order valence-electron chi connectivity index (χ1n) is 9.32. The van der Waals surface area contributed by atoms with Crippen molar-refractivity contribution in [2.45, 2.75) is 13.8 Å². The van der Waals surface area contributed by atoms with E-state index in [1.54, 1.807) is 10.9 Å². The minimum absolute atomic E-state index is 0.0682. The Kier molecular flexibility index (Phi) is 4.92. The van der Waals surface area contributed by atoms with Gasteiger partial charge in [-0.3, -0.25) is 0 Å². The van der Waals surface area contributed by atoms with Gasteiger partial charge in [0, 0.05) is 50.3 Å². The second-order valence-electron chi connectivity index (χ2n) is 6.86. The lowest BCUT2D eigenvalue weighted by Gasteiger charge is -2.35. The van der Waals surface area contributed by atoms with Crippen molar-refractivity contribution in [3.05, 3.63) is 60.2 Å². The van der Waals surface area contributed by atoms with E-state index in [2.05, 4.69) is 25.3 Å². The molecular weight excluding hydrogens is 354 g/mol. The number of carbonyl (C=O) groups excluding carboxylic acids is 1. The van der Waals surface area contributed by atoms with Crippen LogP contribution in [0.25, 0.3) is 5.82 Å². The molecule has 1 fully saturated rings. The average molecular weight is 377 g/mol. The predicted octanol–water partition coefficient (Wildman–Crippen LogP) is 2.63. The quantitative estimate of drug-likeness (QED) is 0.759. The van der Waals surface area contributed by atoms with E-state index in [1.807, 2.05) is 61.3 Å². The zero-order valence-electron chi connectivity index (χ0n) is 16.0. The molecule has 1 N–H and O–H groups in total. The van der Waals surface area contributed by atoms with Gasteiger partial charge < -0.3 is 15.1 Å². The topological polar surface area (TPSA) is 79.2 Å². The third kappa shape index (κ3) is 3.95. The Morgan fingerprint density at radius 1 is 1.00 bits per heavy atom. The van der Waals surface area contributed by atoms with Crippen molar-refractivity contribution in [2.75, 3.05) is 36.4 Å². The van der Waals surface area contributed by atoms with E-state index in [0.29, 0.717) is 18.9 Å². The smallest absolute Gasteiger partial charge is 0.321 e. The number of nitrogens with one attached hydrogen (secondary N) is 1. The Bertz CT molecular complexity index is 962. The summed E-state index contributed by atoms with van der Waals surface area (Å²) in [4.78, 5) is 25.6. The number of anilines is 2. The molecule has 1 aliphatic rings. The molecule has 144 valence electrons. The Morgan fingerprint density at radius 3 is 2.50 bits per heavy atom. The molecule has 0 radical (unpaired) electrons. The van der Waals surface area contributed by atoms with Crippen molar-refractivity contribution in [1.82, 2.24) is 24.6 Å². The molecular formula is C20H23N7O. The van der Waals surface area contributed by atoms with Gasteiger partial charge in [0.2, 0.25) is 0 Å². The molecule has 28 heavy (non-hydrogen) atoms. The third-order valence-electron chi connectivity index (χ3n) is 4.71. The van der Waals surface area contributed by atoms with E-state index in [4.69, 9.17) is 0 Å². The minimum Gasteiger partial charge on any atom is -0.353 e. The van der Waals surface area contributed by atoms with Crippen LogP contribution in [0.15, 0.2) is 48.8 Å². The summed E-state index contributed by atoms with van der Waals surface area (Å²) in [7, 11) is 0. The number of carbonyl (C=O) groups is 1. The predicted molar refractivity (Wildman–Crippen MR) is 108 cm³/mol. The van der Waals surface area contributed by atoms with Crippen molar-refractivity contribution in [3.63, 3.8) is 0 Å². The van der Waals surface area contributed by atoms with Gasteiger partial charge >= 0.3 is 6.03 Å². The van der Waals surface area contributed by atoms with Gasteiger partial charge in [0.15, 0.2) is 5.82 Å². The van der Waals surface area contributed by atoms with Crippen molar-refractivity contribution < 1.29 is 4.79 Å². The van der Waals surface area contributed by atoms with Crippen molar-refractivity contribution >= 4 is 17.5 Å². The number of hydrogen-bond donors (Lipinski definition) is 1. The molecule has 0 aliphatic carbocycles. The molecule has 2 amide bonds. The molecule has 0 atom stereocenters. The van der Waals surface area contributed by atoms with Crippen molar-refractivity contribution in [2.24, 2.45) is 0 Å². The first kappa shape index (κ1) is 18.0. The molecule has 0 unspecified atom stereocenters. The summed E-state index contributed by atoms with van der Waals surface area (Å²) in [6, 6.07) is 11.6. The van der Waals surface area contributed by atoms with Gasteiger partial charge in [-0.15, -0.1) is 0 Å². The van der Waals surface area contributed by atoms with Crippen LogP contribution in [0.1, 0.15) is 11.4 Å². The molecule has 4 rings (SSSR count). The van der Waals surface area contributed by atoms with Crippen LogP contribution < -0.4 is 10.2 Å². The van der Waals surface area contributed by atoms with Gasteiger partial charge in [-0.25, -0.2) is 19.4 Å². The van der Waals surface area contributed by atoms with Crippen LogP contribution in [0, 0.1) is 13.8 Å². The Balaban J connectivity index is 1.41. The zero-order chi connectivity index (χ0) is 19.5. The molecule has 1 aliphatic heterocycles. The maximum atomic E-state index is 12.5. The summed E-state index contributed by atoms with van der Waals surface area (Å²) >= 11 is 0. The van der Waals surface area contributed by atoms with Crippen molar-refractivity contribution in [3.8, 4) is 5.82 Å². The van der Waals surface area contributed by atoms with E-state index in [-0.39, 0.29) is 6.03 Å². The third-order valence-corrected chi connectivity index (χ3v) is 4.71. The average Bonchev–Trinajstić information content (AvgIpc) is 3.22. The molecule has 1 saturated heterocycles. The van der Waals surface area contributed by atoms with Crippen LogP contribution in [-0.2, 0) is 0 Å². The largest absolute Gasteiger partial charge is 0.353 e. The number of benzene rings is 1. The highest BCUT2D eigenvalue weighted by molar-refractivity contribution is 5.89. The number of urea groups is 1. The highest BCUT2D eigenvalue weighted by atomic mass is 16.2. The number of rotatable bonds is 3. The molecule has 0 saturated carbocycles. The first-order chi connectivity index (χ1) is 13.6. The summed E-state index contributed by atoms with van der Waals surface area (Å²) in [5, 5.41) is 7.22. The summed E-state index contributed by atoms with van der Waals surface area (Å²) < 4.78 is 1.73. The van der Waals surface area contributed by atoms with Gasteiger partial charge in [-0.1, -0.05) is 12.1 Å². The molecule has 2 aromatic heterocycles. The SMILES string of the molecule is Cc1cccc(NC(=O)N2CCN(c3cc(-n4cccn4)nc(C)n3)CC2)c1. The highest BCUT2D eigenvalue weighted by Crippen LogP contribution is 2.18. The standard InChI is InChI=1S/C20H23N7O/c1-15-5-3-6-17(13-15)24-20(28)26-11-9-25(10-12-26)18-14-19(23-16(2)22-18)27-8-4-7-21-27/h3-8,13-14H,9-12H2,1-2H3,(H,24,28). The van der Waals surface area contributed by atoms with Crippen LogP contribution >= 0.6 is 0 Å². The summed E-state index contributed by atoms with van der Waals surface area (Å²) in [6.45, 7) is 6.60. The zero-order valence-corrected chi connectivity index (χ0v) is 16.0. The van der Waals surface area contributed by atoms with E-state index in [1.165, 1.54) is 0 Å². The maximum absolute atomic E-state index is 12.5. The highest BCUT2D eigenvalue weighted by Gasteiger charge is 2.22. The molecule has 3 aromatic rings. The van der Waals surface area contributed by atoms with Gasteiger partial charge in [0.05, 0.1) is 0 Å². The fraction of sp³-hybridized carbons (Fsp3) is 0.300. The number of aryl methyl sites for hydroxylation is 2. The van der Waals surface area contributed by atoms with Crippen LogP contribution in [0.5, 0.6) is 0 Å². The lowest BCUT2D eigenvalue weighted by molar-refractivity contribution is 0.208. The van der Waals surface area contributed by atoms with Gasteiger partial charge in [0.25, 0.3) is 0 Å². The molecule has 0 bridgehead atoms. The number of aromatic nitrogens is 4. The first-order valence-corrected chi connectivity index (χ1v) is 9.32. The normalized spacial score (nSPS) is 14.2. The maximum Gasteiger partial charge on any atom is 0.321 e. The van der Waals surface area contributed by atoms with Crippen molar-refractivity contribution in [1.29, 1.82) is 0 Å².